The number of carbonyl (C=O) groups is 2. The number of methoxy groups -OCH3 is 1. The van der Waals surface area contributed by atoms with Gasteiger partial charge >= 0.3 is 0 Å². The van der Waals surface area contributed by atoms with Crippen molar-refractivity contribution in [3.05, 3.63) is 83.2 Å². The number of hydrogen-bond acceptors (Lipinski definition) is 5. The Balaban J connectivity index is 1.57. The zero-order valence-corrected chi connectivity index (χ0v) is 18.5. The van der Waals surface area contributed by atoms with Crippen molar-refractivity contribution in [2.45, 2.75) is 32.2 Å². The minimum absolute atomic E-state index is 0.128. The van der Waals surface area contributed by atoms with E-state index in [1.807, 2.05) is 12.1 Å². The summed E-state index contributed by atoms with van der Waals surface area (Å²) in [6, 6.07) is 12.4. The molecule has 4 rings (SSSR count). The van der Waals surface area contributed by atoms with Gasteiger partial charge in [0.2, 0.25) is 0 Å². The van der Waals surface area contributed by atoms with E-state index < -0.39 is 0 Å². The highest BCUT2D eigenvalue weighted by molar-refractivity contribution is 6.04. The Bertz CT molecular complexity index is 1170. The maximum absolute atomic E-state index is 13.3. The van der Waals surface area contributed by atoms with Gasteiger partial charge in [0.1, 0.15) is 11.6 Å². The largest absolute Gasteiger partial charge is 0.496 e. The predicted octanol–water partition coefficient (Wildman–Crippen LogP) is 4.55. The van der Waals surface area contributed by atoms with Crippen LogP contribution in [0.1, 0.15) is 57.5 Å². The summed E-state index contributed by atoms with van der Waals surface area (Å²) >= 11 is 0. The summed E-state index contributed by atoms with van der Waals surface area (Å²) in [5.74, 6) is 0.148. The van der Waals surface area contributed by atoms with Crippen molar-refractivity contribution in [1.29, 1.82) is 0 Å². The van der Waals surface area contributed by atoms with Crippen LogP contribution in [0, 0.1) is 12.7 Å². The number of benzene rings is 2. The van der Waals surface area contributed by atoms with Gasteiger partial charge in [0.25, 0.3) is 11.8 Å². The topological polar surface area (TPSA) is 84.4 Å². The van der Waals surface area contributed by atoms with Crippen molar-refractivity contribution in [2.24, 2.45) is 0 Å². The predicted molar refractivity (Wildman–Crippen MR) is 122 cm³/mol. The number of amides is 2. The standard InChI is InChI=1S/C25H25FN4O3/c1-16-20(24(31)29-18-12-10-17(26)11-13-18)15-27-23(28-16)21-8-5-6-14-30(21)25(32)19-7-3-4-9-22(19)33-2/h3-4,7,9-13,15,21H,5-6,8,14H2,1-2H3,(H,29,31)/t21-/m1/s1. The molecule has 1 saturated heterocycles. The van der Waals surface area contributed by atoms with Crippen LogP contribution in [0.25, 0.3) is 0 Å². The van der Waals surface area contributed by atoms with E-state index >= 15 is 0 Å². The van der Waals surface area contributed by atoms with E-state index in [0.717, 1.165) is 19.3 Å². The lowest BCUT2D eigenvalue weighted by atomic mass is 9.99. The monoisotopic (exact) mass is 448 g/mol. The molecule has 8 heteroatoms. The molecular formula is C25H25FN4O3. The molecule has 2 heterocycles. The molecule has 0 bridgehead atoms. The van der Waals surface area contributed by atoms with Crippen molar-refractivity contribution >= 4 is 17.5 Å². The molecule has 0 aliphatic carbocycles. The van der Waals surface area contributed by atoms with Crippen molar-refractivity contribution in [3.8, 4) is 5.75 Å². The first-order valence-electron chi connectivity index (χ1n) is 10.8. The number of aryl methyl sites for hydroxylation is 1. The van der Waals surface area contributed by atoms with Gasteiger partial charge in [-0.15, -0.1) is 0 Å². The molecule has 1 aromatic heterocycles. The van der Waals surface area contributed by atoms with E-state index in [1.54, 1.807) is 31.1 Å². The summed E-state index contributed by atoms with van der Waals surface area (Å²) in [5.41, 5.74) is 1.81. The van der Waals surface area contributed by atoms with Crippen LogP contribution in [0.15, 0.2) is 54.7 Å². The lowest BCUT2D eigenvalue weighted by Gasteiger charge is -2.35. The Hall–Kier alpha value is -3.81. The highest BCUT2D eigenvalue weighted by Crippen LogP contribution is 2.32. The normalized spacial score (nSPS) is 15.7. The van der Waals surface area contributed by atoms with E-state index in [4.69, 9.17) is 4.74 Å². The molecule has 0 unspecified atom stereocenters. The van der Waals surface area contributed by atoms with E-state index in [1.165, 1.54) is 30.5 Å². The maximum Gasteiger partial charge on any atom is 0.259 e. The minimum atomic E-state index is -0.378. The number of ether oxygens (including phenoxy) is 1. The van der Waals surface area contributed by atoms with Crippen LogP contribution in [-0.4, -0.2) is 40.3 Å². The molecule has 1 aliphatic heterocycles. The fourth-order valence-corrected chi connectivity index (χ4v) is 4.02. The second kappa shape index (κ2) is 9.77. The molecule has 0 spiro atoms. The molecule has 7 nitrogen and oxygen atoms in total. The summed E-state index contributed by atoms with van der Waals surface area (Å²) in [4.78, 5) is 36.8. The lowest BCUT2D eigenvalue weighted by Crippen LogP contribution is -2.39. The van der Waals surface area contributed by atoms with Crippen LogP contribution < -0.4 is 10.1 Å². The molecule has 0 radical (unpaired) electrons. The summed E-state index contributed by atoms with van der Waals surface area (Å²) in [5, 5.41) is 2.72. The molecule has 2 aromatic carbocycles. The SMILES string of the molecule is COc1ccccc1C(=O)N1CCCC[C@@H]1c1ncc(C(=O)Nc2ccc(F)cc2)c(C)n1. The third-order valence-corrected chi connectivity index (χ3v) is 5.74. The smallest absolute Gasteiger partial charge is 0.259 e. The summed E-state index contributed by atoms with van der Waals surface area (Å²) in [6.45, 7) is 2.33. The molecule has 3 aromatic rings. The lowest BCUT2D eigenvalue weighted by molar-refractivity contribution is 0.0595. The van der Waals surface area contributed by atoms with E-state index in [9.17, 15) is 14.0 Å². The van der Waals surface area contributed by atoms with Crippen LogP contribution in [0.4, 0.5) is 10.1 Å². The van der Waals surface area contributed by atoms with Crippen molar-refractivity contribution in [3.63, 3.8) is 0 Å². The zero-order valence-electron chi connectivity index (χ0n) is 18.5. The maximum atomic E-state index is 13.3. The van der Waals surface area contributed by atoms with Gasteiger partial charge < -0.3 is 15.0 Å². The fourth-order valence-electron chi connectivity index (χ4n) is 4.02. The molecule has 1 atom stereocenters. The quantitative estimate of drug-likeness (QED) is 0.619. The van der Waals surface area contributed by atoms with Crippen LogP contribution in [-0.2, 0) is 0 Å². The number of aromatic nitrogens is 2. The number of halogens is 1. The molecule has 1 fully saturated rings. The van der Waals surface area contributed by atoms with Gasteiger partial charge in [-0.1, -0.05) is 12.1 Å². The number of nitrogens with one attached hydrogen (secondary N) is 1. The molecule has 0 saturated carbocycles. The second-order valence-electron chi connectivity index (χ2n) is 7.90. The summed E-state index contributed by atoms with van der Waals surface area (Å²) < 4.78 is 18.5. The van der Waals surface area contributed by atoms with Gasteiger partial charge in [-0.3, -0.25) is 9.59 Å². The van der Waals surface area contributed by atoms with E-state index in [-0.39, 0.29) is 23.7 Å². The third kappa shape index (κ3) is 4.84. The summed E-state index contributed by atoms with van der Waals surface area (Å²) in [7, 11) is 1.54. The Labute approximate surface area is 191 Å². The molecule has 1 aliphatic rings. The zero-order chi connectivity index (χ0) is 23.4. The van der Waals surface area contributed by atoms with Crippen molar-refractivity contribution in [1.82, 2.24) is 14.9 Å². The van der Waals surface area contributed by atoms with E-state index in [0.29, 0.717) is 40.6 Å². The van der Waals surface area contributed by atoms with Gasteiger partial charge in [0, 0.05) is 18.4 Å². The molecule has 33 heavy (non-hydrogen) atoms. The first kappa shape index (κ1) is 22.4. The van der Waals surface area contributed by atoms with Gasteiger partial charge in [-0.2, -0.15) is 0 Å². The number of likely N-dealkylation sites (tertiary alicyclic amines) is 1. The van der Waals surface area contributed by atoms with Gasteiger partial charge in [0.15, 0.2) is 5.82 Å². The van der Waals surface area contributed by atoms with Gasteiger partial charge in [-0.25, -0.2) is 14.4 Å². The number of nitrogens with zero attached hydrogens (tertiary/aromatic N) is 3. The number of para-hydroxylation sites is 1. The molecule has 170 valence electrons. The van der Waals surface area contributed by atoms with Gasteiger partial charge in [-0.05, 0) is 62.6 Å². The highest BCUT2D eigenvalue weighted by atomic mass is 19.1. The first-order chi connectivity index (χ1) is 16.0. The minimum Gasteiger partial charge on any atom is -0.496 e. The van der Waals surface area contributed by atoms with Crippen LogP contribution in [0.3, 0.4) is 0 Å². The average Bonchev–Trinajstić information content (AvgIpc) is 2.84. The first-order valence-corrected chi connectivity index (χ1v) is 10.8. The molecule has 2 amide bonds. The number of anilines is 1. The summed E-state index contributed by atoms with van der Waals surface area (Å²) in [6.07, 6.45) is 4.07. The van der Waals surface area contributed by atoms with Crippen molar-refractivity contribution in [2.75, 3.05) is 19.0 Å². The Kier molecular flexibility index (Phi) is 6.63. The average molecular weight is 448 g/mol. The second-order valence-corrected chi connectivity index (χ2v) is 7.90. The van der Waals surface area contributed by atoms with E-state index in [2.05, 4.69) is 15.3 Å². The van der Waals surface area contributed by atoms with Crippen LogP contribution >= 0.6 is 0 Å². The number of rotatable bonds is 5. The van der Waals surface area contributed by atoms with Crippen LogP contribution in [0.2, 0.25) is 0 Å². The number of piperidine rings is 1. The Morgan fingerprint density at radius 1 is 1.09 bits per heavy atom. The molecule has 1 N–H and O–H groups in total. The number of carbonyl (C=O) groups excluding carboxylic acids is 2. The van der Waals surface area contributed by atoms with Crippen molar-refractivity contribution < 1.29 is 18.7 Å². The number of hydrogen-bond donors (Lipinski definition) is 1. The van der Waals surface area contributed by atoms with Crippen LogP contribution in [0.5, 0.6) is 5.75 Å². The Morgan fingerprint density at radius 3 is 2.58 bits per heavy atom. The highest BCUT2D eigenvalue weighted by Gasteiger charge is 2.32. The molecular weight excluding hydrogens is 423 g/mol. The fraction of sp³-hybridized carbons (Fsp3) is 0.280. The van der Waals surface area contributed by atoms with Gasteiger partial charge in [0.05, 0.1) is 30.0 Å². The Morgan fingerprint density at radius 2 is 1.85 bits per heavy atom. The third-order valence-electron chi connectivity index (χ3n) is 5.74.